The van der Waals surface area contributed by atoms with E-state index in [0.29, 0.717) is 0 Å². The van der Waals surface area contributed by atoms with E-state index in [-0.39, 0.29) is 27.9 Å². The first kappa shape index (κ1) is 21.1. The first-order valence-electron chi connectivity index (χ1n) is 9.65. The fraction of sp³-hybridized carbons (Fsp3) is 0.850. The van der Waals surface area contributed by atoms with E-state index in [1.807, 2.05) is 6.08 Å². The van der Waals surface area contributed by atoms with Crippen molar-refractivity contribution in [3.63, 3.8) is 0 Å². The maximum atomic E-state index is 12.5. The highest BCUT2D eigenvalue weighted by Gasteiger charge is 2.60. The molecule has 0 radical (unpaired) electrons. The number of carbonyl (C=O) groups is 1. The molecule has 25 heavy (non-hydrogen) atoms. The monoisotopic (exact) mass is 382 g/mol. The van der Waals surface area contributed by atoms with E-state index >= 15 is 0 Å². The summed E-state index contributed by atoms with van der Waals surface area (Å²) in [6.45, 7) is 22.7. The van der Waals surface area contributed by atoms with Crippen LogP contribution in [-0.4, -0.2) is 34.1 Å². The molecule has 0 aliphatic heterocycles. The van der Waals surface area contributed by atoms with Crippen LogP contribution >= 0.6 is 0 Å². The molecule has 0 aromatic rings. The zero-order chi connectivity index (χ0) is 19.5. The molecule has 0 aromatic carbocycles. The number of allylic oxidation sites excluding steroid dienone is 1. The third kappa shape index (κ3) is 3.62. The number of fused-ring (bicyclic) bond motifs is 1. The van der Waals surface area contributed by atoms with Gasteiger partial charge in [-0.05, 0) is 61.3 Å². The Morgan fingerprint density at radius 1 is 0.960 bits per heavy atom. The lowest BCUT2D eigenvalue weighted by Crippen LogP contribution is -2.57. The van der Waals surface area contributed by atoms with Crippen LogP contribution in [0.25, 0.3) is 0 Å². The van der Waals surface area contributed by atoms with E-state index in [9.17, 15) is 4.79 Å². The van der Waals surface area contributed by atoms with Crippen molar-refractivity contribution >= 4 is 22.4 Å². The van der Waals surface area contributed by atoms with E-state index < -0.39 is 22.2 Å². The molecule has 0 unspecified atom stereocenters. The van der Waals surface area contributed by atoms with Gasteiger partial charge in [0.05, 0.1) is 12.0 Å². The van der Waals surface area contributed by atoms with E-state index in [0.717, 1.165) is 12.8 Å². The van der Waals surface area contributed by atoms with Gasteiger partial charge in [0.2, 0.25) is 0 Å². The smallest absolute Gasteiger partial charge is 0.193 e. The summed E-state index contributed by atoms with van der Waals surface area (Å²) in [7, 11) is -3.96. The van der Waals surface area contributed by atoms with Gasteiger partial charge in [0.15, 0.2) is 22.4 Å². The molecule has 3 nitrogen and oxygen atoms in total. The van der Waals surface area contributed by atoms with Crippen molar-refractivity contribution in [3.8, 4) is 0 Å². The molecule has 144 valence electrons. The maximum Gasteiger partial charge on any atom is 0.193 e. The molecule has 1 fully saturated rings. The minimum Gasteiger partial charge on any atom is -0.411 e. The highest BCUT2D eigenvalue weighted by atomic mass is 28.4. The Morgan fingerprint density at radius 3 is 1.96 bits per heavy atom. The summed E-state index contributed by atoms with van der Waals surface area (Å²) in [4.78, 5) is 12.5. The molecule has 0 N–H and O–H groups in total. The van der Waals surface area contributed by atoms with Gasteiger partial charge in [-0.15, -0.1) is 0 Å². The zero-order valence-corrected chi connectivity index (χ0v) is 19.9. The van der Waals surface area contributed by atoms with Gasteiger partial charge < -0.3 is 8.85 Å². The van der Waals surface area contributed by atoms with Crippen LogP contribution in [0.15, 0.2) is 12.2 Å². The van der Waals surface area contributed by atoms with Gasteiger partial charge in [-0.1, -0.05) is 41.5 Å². The van der Waals surface area contributed by atoms with E-state index in [1.54, 1.807) is 6.08 Å². The molecular formula is C20H38O3Si2. The predicted molar refractivity (Wildman–Crippen MR) is 110 cm³/mol. The van der Waals surface area contributed by atoms with Gasteiger partial charge in [-0.2, -0.15) is 0 Å². The minimum atomic E-state index is -2.03. The topological polar surface area (TPSA) is 35.5 Å². The first-order valence-corrected chi connectivity index (χ1v) is 15.5. The Labute approximate surface area is 156 Å². The SMILES string of the molecule is CC(C)(C)[Si](C)(C)O[C@H]1CC[C@H]2C(=O)C=C[C@@]12O[Si](C)(C)C(C)(C)C. The lowest BCUT2D eigenvalue weighted by atomic mass is 9.93. The quantitative estimate of drug-likeness (QED) is 0.586. The first-order chi connectivity index (χ1) is 11.0. The zero-order valence-electron chi connectivity index (χ0n) is 17.9. The molecule has 0 heterocycles. The summed E-state index contributed by atoms with van der Waals surface area (Å²) < 4.78 is 13.8. The van der Waals surface area contributed by atoms with Gasteiger partial charge in [0, 0.05) is 0 Å². The highest BCUT2D eigenvalue weighted by molar-refractivity contribution is 6.74. The molecule has 2 aliphatic rings. The van der Waals surface area contributed by atoms with Crippen LogP contribution in [-0.2, 0) is 13.6 Å². The molecule has 0 aromatic heterocycles. The summed E-state index contributed by atoms with van der Waals surface area (Å²) in [5, 5.41) is 0.255. The average Bonchev–Trinajstić information content (AvgIpc) is 2.86. The largest absolute Gasteiger partial charge is 0.411 e. The number of hydrogen-bond acceptors (Lipinski definition) is 3. The maximum absolute atomic E-state index is 12.5. The van der Waals surface area contributed by atoms with Gasteiger partial charge >= 0.3 is 0 Å². The number of carbonyl (C=O) groups excluding carboxylic acids is 1. The van der Waals surface area contributed by atoms with Crippen molar-refractivity contribution < 1.29 is 13.6 Å². The molecule has 2 aliphatic carbocycles. The molecule has 3 atom stereocenters. The van der Waals surface area contributed by atoms with Gasteiger partial charge in [0.25, 0.3) is 0 Å². The molecule has 0 spiro atoms. The molecule has 2 rings (SSSR count). The van der Waals surface area contributed by atoms with Crippen LogP contribution in [0.2, 0.25) is 36.3 Å². The summed E-state index contributed by atoms with van der Waals surface area (Å²) >= 11 is 0. The van der Waals surface area contributed by atoms with Crippen LogP contribution in [0.4, 0.5) is 0 Å². The van der Waals surface area contributed by atoms with E-state index in [2.05, 4.69) is 67.7 Å². The lowest BCUT2D eigenvalue weighted by Gasteiger charge is -2.48. The molecule has 0 saturated heterocycles. The molecule has 0 amide bonds. The Kier molecular flexibility index (Phi) is 5.18. The summed E-state index contributed by atoms with van der Waals surface area (Å²) in [6, 6.07) is 0. The standard InChI is InChI=1S/C20H38O3Si2/c1-18(2,3)24(7,8)22-17-12-11-15-16(21)13-14-20(15,17)23-25(9,10)19(4,5)6/h13-15,17H,11-12H2,1-10H3/t15-,17-,20-/m0/s1. The fourth-order valence-electron chi connectivity index (χ4n) is 3.36. The predicted octanol–water partition coefficient (Wildman–Crippen LogP) is 5.69. The molecular weight excluding hydrogens is 344 g/mol. The van der Waals surface area contributed by atoms with E-state index in [1.165, 1.54) is 0 Å². The van der Waals surface area contributed by atoms with Crippen LogP contribution < -0.4 is 0 Å². The molecule has 1 saturated carbocycles. The van der Waals surface area contributed by atoms with Gasteiger partial charge in [-0.3, -0.25) is 4.79 Å². The van der Waals surface area contributed by atoms with Crippen molar-refractivity contribution in [1.29, 1.82) is 0 Å². The van der Waals surface area contributed by atoms with Crippen molar-refractivity contribution in [3.05, 3.63) is 12.2 Å². The average molecular weight is 383 g/mol. The minimum absolute atomic E-state index is 0.00443. The second-order valence-electron chi connectivity index (χ2n) is 10.9. The summed E-state index contributed by atoms with van der Waals surface area (Å²) in [6.07, 6.45) is 5.58. The van der Waals surface area contributed by atoms with Crippen LogP contribution in [0.3, 0.4) is 0 Å². The van der Waals surface area contributed by atoms with Crippen LogP contribution in [0.5, 0.6) is 0 Å². The Balaban J connectivity index is 2.39. The fourth-order valence-corrected chi connectivity index (χ4v) is 6.26. The molecule has 5 heteroatoms. The summed E-state index contributed by atoms with van der Waals surface area (Å²) in [5.41, 5.74) is -0.546. The van der Waals surface area contributed by atoms with Crippen molar-refractivity contribution in [2.24, 2.45) is 5.92 Å². The normalized spacial score (nSPS) is 30.9. The van der Waals surface area contributed by atoms with Crippen molar-refractivity contribution in [2.75, 3.05) is 0 Å². The van der Waals surface area contributed by atoms with Gasteiger partial charge in [-0.25, -0.2) is 0 Å². The second kappa shape index (κ2) is 6.15. The van der Waals surface area contributed by atoms with Crippen LogP contribution in [0, 0.1) is 5.92 Å². The third-order valence-electron chi connectivity index (χ3n) is 7.10. The number of rotatable bonds is 4. The highest BCUT2D eigenvalue weighted by Crippen LogP contribution is 2.52. The van der Waals surface area contributed by atoms with E-state index in [4.69, 9.17) is 8.85 Å². The number of ketones is 1. The van der Waals surface area contributed by atoms with Gasteiger partial charge in [0.1, 0.15) is 5.60 Å². The molecule has 0 bridgehead atoms. The lowest BCUT2D eigenvalue weighted by molar-refractivity contribution is -0.122. The number of hydrogen-bond donors (Lipinski definition) is 0. The summed E-state index contributed by atoms with van der Waals surface area (Å²) in [5.74, 6) is 0.163. The Morgan fingerprint density at radius 2 is 1.48 bits per heavy atom. The second-order valence-corrected chi connectivity index (χ2v) is 20.4. The van der Waals surface area contributed by atoms with Crippen molar-refractivity contribution in [2.45, 2.75) is 102 Å². The van der Waals surface area contributed by atoms with Crippen molar-refractivity contribution in [1.82, 2.24) is 0 Å². The Bertz CT molecular complexity index is 566. The Hall–Kier alpha value is -0.236. The third-order valence-corrected chi connectivity index (χ3v) is 16.1. The van der Waals surface area contributed by atoms with Crippen LogP contribution in [0.1, 0.15) is 54.4 Å².